The van der Waals surface area contributed by atoms with Crippen LogP contribution >= 0.6 is 12.4 Å². The summed E-state index contributed by atoms with van der Waals surface area (Å²) in [5, 5.41) is 6.49. The first-order valence-electron chi connectivity index (χ1n) is 11.6. The molecule has 3 aromatic heterocycles. The highest BCUT2D eigenvalue weighted by atomic mass is 35.5. The molecule has 188 valence electrons. The zero-order valence-corrected chi connectivity index (χ0v) is 21.1. The van der Waals surface area contributed by atoms with Gasteiger partial charge in [0.1, 0.15) is 17.3 Å². The van der Waals surface area contributed by atoms with E-state index in [2.05, 4.69) is 25.6 Å². The molecule has 8 nitrogen and oxygen atoms in total. The summed E-state index contributed by atoms with van der Waals surface area (Å²) in [5.41, 5.74) is 2.81. The van der Waals surface area contributed by atoms with Crippen LogP contribution in [0.1, 0.15) is 55.5 Å². The van der Waals surface area contributed by atoms with Crippen LogP contribution in [-0.4, -0.2) is 38.2 Å². The molecule has 0 bridgehead atoms. The zero-order valence-electron chi connectivity index (χ0n) is 20.3. The number of hydrogen-bond acceptors (Lipinski definition) is 6. The third kappa shape index (κ3) is 5.68. The fourth-order valence-electron chi connectivity index (χ4n) is 3.70. The maximum atomic E-state index is 13.4. The number of anilines is 2. The average molecular weight is 511 g/mol. The molecule has 0 atom stereocenters. The fraction of sp³-hybridized carbons (Fsp3) is 0.269. The number of ketones is 1. The summed E-state index contributed by atoms with van der Waals surface area (Å²) in [4.78, 5) is 41.8. The molecular weight excluding hydrogens is 483 g/mol. The Bertz CT molecular complexity index is 1370. The molecule has 0 spiro atoms. The molecule has 3 heterocycles. The number of halogens is 2. The number of unbranched alkanes of at least 4 members (excludes halogenated alkanes) is 1. The van der Waals surface area contributed by atoms with Gasteiger partial charge in [-0.25, -0.2) is 19.3 Å². The van der Waals surface area contributed by atoms with Gasteiger partial charge in [0.2, 0.25) is 0 Å². The second kappa shape index (κ2) is 11.7. The first-order chi connectivity index (χ1) is 16.9. The summed E-state index contributed by atoms with van der Waals surface area (Å²) in [5.74, 6) is -0.543. The second-order valence-electron chi connectivity index (χ2n) is 8.51. The van der Waals surface area contributed by atoms with Gasteiger partial charge in [0, 0.05) is 36.3 Å². The monoisotopic (exact) mass is 510 g/mol. The van der Waals surface area contributed by atoms with E-state index in [4.69, 9.17) is 4.98 Å². The maximum Gasteiger partial charge on any atom is 0.292 e. The summed E-state index contributed by atoms with van der Waals surface area (Å²) in [7, 11) is 0. The summed E-state index contributed by atoms with van der Waals surface area (Å²) >= 11 is 0. The minimum absolute atomic E-state index is 0. The van der Waals surface area contributed by atoms with Gasteiger partial charge in [0.15, 0.2) is 5.82 Å². The molecule has 1 aromatic carbocycles. The van der Waals surface area contributed by atoms with Crippen molar-refractivity contribution < 1.29 is 14.0 Å². The van der Waals surface area contributed by atoms with Gasteiger partial charge >= 0.3 is 0 Å². The number of H-pyrrole nitrogens is 1. The van der Waals surface area contributed by atoms with Crippen LogP contribution < -0.4 is 10.6 Å². The number of hydrogen-bond donors (Lipinski definition) is 3. The van der Waals surface area contributed by atoms with E-state index in [1.807, 2.05) is 20.8 Å². The molecule has 3 N–H and O–H groups in total. The maximum absolute atomic E-state index is 13.4. The highest BCUT2D eigenvalue weighted by Crippen LogP contribution is 2.32. The molecule has 0 fully saturated rings. The largest absolute Gasteiger partial charge is 0.349 e. The van der Waals surface area contributed by atoms with Crippen molar-refractivity contribution in [3.05, 3.63) is 65.9 Å². The Morgan fingerprint density at radius 1 is 1.11 bits per heavy atom. The van der Waals surface area contributed by atoms with E-state index >= 15 is 0 Å². The summed E-state index contributed by atoms with van der Waals surface area (Å²) < 4.78 is 13.4. The Morgan fingerprint density at radius 3 is 2.56 bits per heavy atom. The minimum Gasteiger partial charge on any atom is -0.349 e. The molecule has 0 aliphatic heterocycles. The standard InChI is InChI=1S/C26H27FN6O2.ClH/c1-4-5-11-29-26(35)22(34)19-14-31-25-21(19)20(10-12-28-25)32-24-18(15(2)3)13-30-23(33-24)16-6-8-17(27)9-7-16;/h6-10,12-15H,4-5,11H2,1-3H3,(H,29,35)(H2,28,30,31,32,33);1H. The first kappa shape index (κ1) is 26.7. The van der Waals surface area contributed by atoms with Crippen molar-refractivity contribution in [2.24, 2.45) is 0 Å². The van der Waals surface area contributed by atoms with Gasteiger partial charge in [0.25, 0.3) is 11.7 Å². The number of nitrogens with zero attached hydrogens (tertiary/aromatic N) is 3. The van der Waals surface area contributed by atoms with E-state index in [-0.39, 0.29) is 29.7 Å². The Morgan fingerprint density at radius 2 is 1.86 bits per heavy atom. The quantitative estimate of drug-likeness (QED) is 0.155. The van der Waals surface area contributed by atoms with Crippen molar-refractivity contribution in [3.63, 3.8) is 0 Å². The van der Waals surface area contributed by atoms with Crippen LogP contribution in [0.3, 0.4) is 0 Å². The number of Topliss-reactive ketones (excluding diaryl/α,β-unsaturated/α-hetero) is 1. The summed E-state index contributed by atoms with van der Waals surface area (Å²) in [6, 6.07) is 7.68. The first-order valence-corrected chi connectivity index (χ1v) is 11.6. The number of amides is 1. The lowest BCUT2D eigenvalue weighted by Crippen LogP contribution is -2.31. The van der Waals surface area contributed by atoms with Gasteiger partial charge in [0.05, 0.1) is 16.6 Å². The van der Waals surface area contributed by atoms with Crippen LogP contribution in [0.5, 0.6) is 0 Å². The number of benzene rings is 1. The Hall–Kier alpha value is -3.85. The van der Waals surface area contributed by atoms with Gasteiger partial charge in [-0.2, -0.15) is 0 Å². The summed E-state index contributed by atoms with van der Waals surface area (Å²) in [6.07, 6.45) is 6.55. The number of aromatic nitrogens is 4. The fourth-order valence-corrected chi connectivity index (χ4v) is 3.70. The number of nitrogens with one attached hydrogen (secondary N) is 3. The van der Waals surface area contributed by atoms with E-state index < -0.39 is 11.7 Å². The van der Waals surface area contributed by atoms with Gasteiger partial charge in [-0.15, -0.1) is 12.4 Å². The number of carbonyl (C=O) groups excluding carboxylic acids is 2. The molecule has 0 radical (unpaired) electrons. The highest BCUT2D eigenvalue weighted by Gasteiger charge is 2.23. The van der Waals surface area contributed by atoms with Crippen molar-refractivity contribution >= 4 is 46.6 Å². The van der Waals surface area contributed by atoms with Crippen molar-refractivity contribution in [1.82, 2.24) is 25.3 Å². The molecule has 4 rings (SSSR count). The Kier molecular flexibility index (Phi) is 8.71. The molecule has 0 saturated heterocycles. The van der Waals surface area contributed by atoms with Gasteiger partial charge in [-0.1, -0.05) is 27.2 Å². The molecule has 0 aliphatic rings. The van der Waals surface area contributed by atoms with Gasteiger partial charge in [-0.05, 0) is 42.7 Å². The molecule has 1 amide bonds. The van der Waals surface area contributed by atoms with Gasteiger partial charge in [-0.3, -0.25) is 9.59 Å². The lowest BCUT2D eigenvalue weighted by atomic mass is 10.0. The topological polar surface area (TPSA) is 113 Å². The highest BCUT2D eigenvalue weighted by molar-refractivity contribution is 6.45. The van der Waals surface area contributed by atoms with Gasteiger partial charge < -0.3 is 15.6 Å². The normalized spacial score (nSPS) is 10.8. The van der Waals surface area contributed by atoms with Crippen molar-refractivity contribution in [1.29, 1.82) is 0 Å². The lowest BCUT2D eigenvalue weighted by molar-refractivity contribution is -0.117. The van der Waals surface area contributed by atoms with Crippen molar-refractivity contribution in [3.8, 4) is 11.4 Å². The number of carbonyl (C=O) groups is 2. The van der Waals surface area contributed by atoms with Crippen molar-refractivity contribution in [2.75, 3.05) is 11.9 Å². The number of fused-ring (bicyclic) bond motifs is 1. The van der Waals surface area contributed by atoms with Crippen LogP contribution in [0.2, 0.25) is 0 Å². The third-order valence-corrected chi connectivity index (χ3v) is 5.63. The molecule has 10 heteroatoms. The molecule has 0 aliphatic carbocycles. The van der Waals surface area contributed by atoms with Crippen molar-refractivity contribution in [2.45, 2.75) is 39.5 Å². The molecule has 0 saturated carbocycles. The van der Waals surface area contributed by atoms with E-state index in [0.29, 0.717) is 40.5 Å². The van der Waals surface area contributed by atoms with Crippen LogP contribution in [0.15, 0.2) is 48.9 Å². The minimum atomic E-state index is -0.655. The molecular formula is C26H28ClFN6O2. The second-order valence-corrected chi connectivity index (χ2v) is 8.51. The number of rotatable bonds is 9. The van der Waals surface area contributed by atoms with Crippen LogP contribution in [-0.2, 0) is 4.79 Å². The molecule has 0 unspecified atom stereocenters. The van der Waals surface area contributed by atoms with Crippen LogP contribution in [0.4, 0.5) is 15.9 Å². The van der Waals surface area contributed by atoms with E-state index in [9.17, 15) is 14.0 Å². The Labute approximate surface area is 214 Å². The predicted molar refractivity (Wildman–Crippen MR) is 140 cm³/mol. The van der Waals surface area contributed by atoms with E-state index in [1.54, 1.807) is 30.6 Å². The SMILES string of the molecule is CCCCNC(=O)C(=O)c1c[nH]c2nccc(Nc3nc(-c4ccc(F)cc4)ncc3C(C)C)c12.Cl. The third-order valence-electron chi connectivity index (χ3n) is 5.63. The zero-order chi connectivity index (χ0) is 24.9. The lowest BCUT2D eigenvalue weighted by Gasteiger charge is -2.15. The molecule has 36 heavy (non-hydrogen) atoms. The smallest absolute Gasteiger partial charge is 0.292 e. The predicted octanol–water partition coefficient (Wildman–Crippen LogP) is 5.55. The number of pyridine rings is 1. The van der Waals surface area contributed by atoms with Crippen LogP contribution in [0.25, 0.3) is 22.4 Å². The average Bonchev–Trinajstić information content (AvgIpc) is 3.29. The van der Waals surface area contributed by atoms with Crippen LogP contribution in [0, 0.1) is 5.82 Å². The number of aromatic amines is 1. The summed E-state index contributed by atoms with van der Waals surface area (Å²) in [6.45, 7) is 6.50. The molecule has 4 aromatic rings. The Balaban J connectivity index is 0.00000361. The van der Waals surface area contributed by atoms with E-state index in [1.165, 1.54) is 18.3 Å². The van der Waals surface area contributed by atoms with E-state index in [0.717, 1.165) is 18.4 Å².